The van der Waals surface area contributed by atoms with E-state index < -0.39 is 0 Å². The molecule has 1 aliphatic rings. The number of fused-ring (bicyclic) bond motifs is 1. The van der Waals surface area contributed by atoms with Gasteiger partial charge >= 0.3 is 0 Å². The lowest BCUT2D eigenvalue weighted by Crippen LogP contribution is -2.34. The Morgan fingerprint density at radius 2 is 2.11 bits per heavy atom. The van der Waals surface area contributed by atoms with Crippen molar-refractivity contribution in [2.75, 3.05) is 11.4 Å². The molecule has 0 atom stereocenters. The van der Waals surface area contributed by atoms with Crippen LogP contribution in [0, 0.1) is 13.8 Å². The average molecular weight is 256 g/mol. The second-order valence-electron chi connectivity index (χ2n) is 5.17. The van der Waals surface area contributed by atoms with Crippen LogP contribution in [-0.2, 0) is 19.6 Å². The molecular formula is C15H20N4. The van der Waals surface area contributed by atoms with Crippen molar-refractivity contribution in [2.45, 2.75) is 33.5 Å². The lowest BCUT2D eigenvalue weighted by Gasteiger charge is -2.31. The van der Waals surface area contributed by atoms with Crippen molar-refractivity contribution in [2.24, 2.45) is 5.73 Å². The van der Waals surface area contributed by atoms with Crippen molar-refractivity contribution >= 4 is 5.69 Å². The first-order valence-electron chi connectivity index (χ1n) is 6.75. The smallest absolute Gasteiger partial charge is 0.106 e. The van der Waals surface area contributed by atoms with Crippen molar-refractivity contribution in [3.63, 3.8) is 0 Å². The first-order chi connectivity index (χ1) is 9.19. The number of nitrogens with zero attached hydrogens (tertiary/aromatic N) is 3. The molecule has 1 aromatic heterocycles. The molecule has 3 rings (SSSR count). The molecule has 0 fully saturated rings. The van der Waals surface area contributed by atoms with Crippen molar-refractivity contribution in [3.05, 3.63) is 47.0 Å². The van der Waals surface area contributed by atoms with Crippen LogP contribution >= 0.6 is 0 Å². The van der Waals surface area contributed by atoms with E-state index in [9.17, 15) is 0 Å². The van der Waals surface area contributed by atoms with Crippen LogP contribution < -0.4 is 10.6 Å². The minimum absolute atomic E-state index is 0.519. The minimum Gasteiger partial charge on any atom is -0.364 e. The van der Waals surface area contributed by atoms with Gasteiger partial charge in [0.2, 0.25) is 0 Å². The lowest BCUT2D eigenvalue weighted by atomic mass is 10.1. The highest BCUT2D eigenvalue weighted by molar-refractivity contribution is 5.49. The summed E-state index contributed by atoms with van der Waals surface area (Å²) in [6.45, 7) is 7.62. The van der Waals surface area contributed by atoms with E-state index in [2.05, 4.69) is 52.6 Å². The summed E-state index contributed by atoms with van der Waals surface area (Å²) < 4.78 is 2.30. The molecule has 1 aromatic carbocycles. The van der Waals surface area contributed by atoms with Crippen LogP contribution in [0.1, 0.15) is 22.8 Å². The van der Waals surface area contributed by atoms with Crippen LogP contribution in [0.5, 0.6) is 0 Å². The Hall–Kier alpha value is -1.81. The fourth-order valence-corrected chi connectivity index (χ4v) is 2.83. The lowest BCUT2D eigenvalue weighted by molar-refractivity contribution is 0.557. The van der Waals surface area contributed by atoms with Crippen molar-refractivity contribution in [3.8, 4) is 0 Å². The number of imidazole rings is 1. The molecule has 1 aliphatic heterocycles. The van der Waals surface area contributed by atoms with Gasteiger partial charge in [0.25, 0.3) is 0 Å². The van der Waals surface area contributed by atoms with Gasteiger partial charge in [-0.05, 0) is 31.5 Å². The van der Waals surface area contributed by atoms with Gasteiger partial charge in [0, 0.05) is 25.3 Å². The van der Waals surface area contributed by atoms with Crippen molar-refractivity contribution < 1.29 is 0 Å². The second kappa shape index (κ2) is 4.70. The summed E-state index contributed by atoms with van der Waals surface area (Å²) >= 11 is 0. The summed E-state index contributed by atoms with van der Waals surface area (Å²) in [6, 6.07) is 8.66. The van der Waals surface area contributed by atoms with E-state index in [1.807, 2.05) is 0 Å². The Balaban J connectivity index is 1.93. The normalized spacial score (nSPS) is 14.6. The Labute approximate surface area is 113 Å². The SMILES string of the molecule is Cc1cccc(N2CCn3c(C)nc(CN)c3C2)c1. The van der Waals surface area contributed by atoms with Crippen LogP contribution in [0.3, 0.4) is 0 Å². The largest absolute Gasteiger partial charge is 0.364 e. The highest BCUT2D eigenvalue weighted by atomic mass is 15.2. The number of aryl methyl sites for hydroxylation is 2. The van der Waals surface area contributed by atoms with Gasteiger partial charge in [-0.1, -0.05) is 12.1 Å². The number of aromatic nitrogens is 2. The van der Waals surface area contributed by atoms with E-state index in [0.29, 0.717) is 6.54 Å². The van der Waals surface area contributed by atoms with E-state index in [-0.39, 0.29) is 0 Å². The fraction of sp³-hybridized carbons (Fsp3) is 0.400. The number of nitrogens with two attached hydrogens (primary N) is 1. The van der Waals surface area contributed by atoms with Gasteiger partial charge in [0.1, 0.15) is 5.82 Å². The van der Waals surface area contributed by atoms with Gasteiger partial charge in [-0.25, -0.2) is 4.98 Å². The number of benzene rings is 1. The summed E-state index contributed by atoms with van der Waals surface area (Å²) in [4.78, 5) is 6.97. The number of anilines is 1. The number of hydrogen-bond donors (Lipinski definition) is 1. The zero-order valence-corrected chi connectivity index (χ0v) is 11.6. The van der Waals surface area contributed by atoms with Gasteiger partial charge in [0.15, 0.2) is 0 Å². The zero-order valence-electron chi connectivity index (χ0n) is 11.6. The molecule has 2 aromatic rings. The molecule has 2 heterocycles. The molecule has 4 nitrogen and oxygen atoms in total. The van der Waals surface area contributed by atoms with Crippen molar-refractivity contribution in [1.29, 1.82) is 0 Å². The average Bonchev–Trinajstić information content (AvgIpc) is 2.75. The van der Waals surface area contributed by atoms with Gasteiger partial charge < -0.3 is 15.2 Å². The first kappa shape index (κ1) is 12.2. The van der Waals surface area contributed by atoms with E-state index >= 15 is 0 Å². The third kappa shape index (κ3) is 2.12. The Bertz CT molecular complexity index is 600. The summed E-state index contributed by atoms with van der Waals surface area (Å²) in [5.41, 5.74) is 10.7. The maximum Gasteiger partial charge on any atom is 0.106 e. The molecule has 19 heavy (non-hydrogen) atoms. The molecular weight excluding hydrogens is 236 g/mol. The standard InChI is InChI=1S/C15H20N4/c1-11-4-3-5-13(8-11)18-6-7-19-12(2)17-14(9-16)15(19)10-18/h3-5,8H,6-7,9-10,16H2,1-2H3. The van der Waals surface area contributed by atoms with Crippen molar-refractivity contribution in [1.82, 2.24) is 9.55 Å². The number of hydrogen-bond acceptors (Lipinski definition) is 3. The van der Waals surface area contributed by atoms with Crippen LogP contribution in [0.25, 0.3) is 0 Å². The quantitative estimate of drug-likeness (QED) is 0.893. The van der Waals surface area contributed by atoms with E-state index in [1.165, 1.54) is 16.9 Å². The van der Waals surface area contributed by atoms with Crippen LogP contribution in [0.2, 0.25) is 0 Å². The molecule has 0 spiro atoms. The molecule has 0 unspecified atom stereocenters. The summed E-state index contributed by atoms with van der Waals surface area (Å²) in [5, 5.41) is 0. The topological polar surface area (TPSA) is 47.1 Å². The zero-order chi connectivity index (χ0) is 13.4. The Kier molecular flexibility index (Phi) is 3.03. The van der Waals surface area contributed by atoms with E-state index in [4.69, 9.17) is 5.73 Å². The monoisotopic (exact) mass is 256 g/mol. The predicted octanol–water partition coefficient (Wildman–Crippen LogP) is 1.98. The third-order valence-corrected chi connectivity index (χ3v) is 3.84. The molecule has 0 aliphatic carbocycles. The highest BCUT2D eigenvalue weighted by Crippen LogP contribution is 2.24. The predicted molar refractivity (Wildman–Crippen MR) is 77.1 cm³/mol. The molecule has 0 saturated heterocycles. The highest BCUT2D eigenvalue weighted by Gasteiger charge is 2.21. The summed E-state index contributed by atoms with van der Waals surface area (Å²) in [5.74, 6) is 1.08. The second-order valence-corrected chi connectivity index (χ2v) is 5.17. The van der Waals surface area contributed by atoms with Gasteiger partial charge in [-0.2, -0.15) is 0 Å². The van der Waals surface area contributed by atoms with Gasteiger partial charge in [0.05, 0.1) is 17.9 Å². The molecule has 100 valence electrons. The maximum atomic E-state index is 5.80. The van der Waals surface area contributed by atoms with E-state index in [1.54, 1.807) is 0 Å². The maximum absolute atomic E-state index is 5.80. The first-order valence-corrected chi connectivity index (χ1v) is 6.75. The summed E-state index contributed by atoms with van der Waals surface area (Å²) in [6.07, 6.45) is 0. The minimum atomic E-state index is 0.519. The van der Waals surface area contributed by atoms with E-state index in [0.717, 1.165) is 31.2 Å². The Morgan fingerprint density at radius 1 is 1.26 bits per heavy atom. The fourth-order valence-electron chi connectivity index (χ4n) is 2.83. The molecule has 0 amide bonds. The molecule has 0 saturated carbocycles. The van der Waals surface area contributed by atoms with Crippen LogP contribution in [0.4, 0.5) is 5.69 Å². The third-order valence-electron chi connectivity index (χ3n) is 3.84. The Morgan fingerprint density at radius 3 is 2.84 bits per heavy atom. The van der Waals surface area contributed by atoms with Gasteiger partial charge in [-0.3, -0.25) is 0 Å². The van der Waals surface area contributed by atoms with Crippen LogP contribution in [0.15, 0.2) is 24.3 Å². The number of rotatable bonds is 2. The molecule has 4 heteroatoms. The molecule has 0 radical (unpaired) electrons. The molecule has 2 N–H and O–H groups in total. The molecule has 0 bridgehead atoms. The summed E-state index contributed by atoms with van der Waals surface area (Å²) in [7, 11) is 0. The van der Waals surface area contributed by atoms with Gasteiger partial charge in [-0.15, -0.1) is 0 Å². The van der Waals surface area contributed by atoms with Crippen LogP contribution in [-0.4, -0.2) is 16.1 Å².